The molecule has 1 fully saturated rings. The Hall–Kier alpha value is -1.58. The van der Waals surface area contributed by atoms with Crippen LogP contribution in [0, 0.1) is 11.7 Å². The second-order valence-corrected chi connectivity index (χ2v) is 5.36. The summed E-state index contributed by atoms with van der Waals surface area (Å²) in [5, 5.41) is 8.82. The Morgan fingerprint density at radius 3 is 2.63 bits per heavy atom. The lowest BCUT2D eigenvalue weighted by molar-refractivity contribution is 0.0696. The number of rotatable bonds is 4. The van der Waals surface area contributed by atoms with Gasteiger partial charge in [0.05, 0.1) is 11.3 Å². The molecule has 0 aliphatic heterocycles. The van der Waals surface area contributed by atoms with E-state index in [1.54, 1.807) is 6.07 Å². The minimum absolute atomic E-state index is 0.00711. The highest BCUT2D eigenvalue weighted by Crippen LogP contribution is 2.27. The van der Waals surface area contributed by atoms with Crippen LogP contribution >= 0.6 is 0 Å². The number of carboxylic acid groups (broad SMARTS) is 1. The van der Waals surface area contributed by atoms with Crippen molar-refractivity contribution in [2.24, 2.45) is 5.92 Å². The quantitative estimate of drug-likeness (QED) is 0.905. The van der Waals surface area contributed by atoms with Crippen molar-refractivity contribution in [3.05, 3.63) is 29.6 Å². The molecule has 0 amide bonds. The third-order valence-corrected chi connectivity index (χ3v) is 3.86. The molecule has 1 N–H and O–H groups in total. The van der Waals surface area contributed by atoms with Crippen LogP contribution in [-0.4, -0.2) is 24.7 Å². The van der Waals surface area contributed by atoms with Crippen molar-refractivity contribution >= 4 is 11.7 Å². The highest BCUT2D eigenvalue weighted by molar-refractivity contribution is 5.88. The fourth-order valence-electron chi connectivity index (χ4n) is 2.80. The Labute approximate surface area is 113 Å². The van der Waals surface area contributed by atoms with Crippen LogP contribution in [0.4, 0.5) is 10.1 Å². The summed E-state index contributed by atoms with van der Waals surface area (Å²) < 4.78 is 13.9. The maximum absolute atomic E-state index is 13.9. The maximum Gasteiger partial charge on any atom is 0.335 e. The van der Waals surface area contributed by atoms with E-state index in [4.69, 9.17) is 5.11 Å². The molecule has 4 heteroatoms. The first kappa shape index (κ1) is 13.8. The molecule has 1 aliphatic carbocycles. The highest BCUT2D eigenvalue weighted by Gasteiger charge is 2.18. The monoisotopic (exact) mass is 265 g/mol. The van der Waals surface area contributed by atoms with Gasteiger partial charge >= 0.3 is 5.97 Å². The molecule has 1 aromatic carbocycles. The van der Waals surface area contributed by atoms with Gasteiger partial charge in [-0.05, 0) is 37.0 Å². The number of carbonyl (C=O) groups is 1. The second kappa shape index (κ2) is 6.04. The zero-order valence-electron chi connectivity index (χ0n) is 11.2. The predicted octanol–water partition coefficient (Wildman–Crippen LogP) is 3.54. The number of carboxylic acids is 1. The molecule has 0 heterocycles. The number of nitrogens with zero attached hydrogens (tertiary/aromatic N) is 1. The topological polar surface area (TPSA) is 40.5 Å². The first-order valence-corrected chi connectivity index (χ1v) is 6.82. The van der Waals surface area contributed by atoms with E-state index in [1.165, 1.54) is 38.2 Å². The molecule has 1 aromatic rings. The van der Waals surface area contributed by atoms with Gasteiger partial charge in [0.2, 0.25) is 0 Å². The summed E-state index contributed by atoms with van der Waals surface area (Å²) in [6.07, 6.45) is 6.25. The van der Waals surface area contributed by atoms with E-state index in [0.717, 1.165) is 12.6 Å². The van der Waals surface area contributed by atoms with Crippen LogP contribution in [-0.2, 0) is 0 Å². The van der Waals surface area contributed by atoms with E-state index in [2.05, 4.69) is 0 Å². The van der Waals surface area contributed by atoms with Gasteiger partial charge in [-0.25, -0.2) is 9.18 Å². The molecule has 0 bridgehead atoms. The van der Waals surface area contributed by atoms with Crippen LogP contribution in [0.2, 0.25) is 0 Å². The molecule has 0 atom stereocenters. The van der Waals surface area contributed by atoms with Crippen LogP contribution < -0.4 is 4.90 Å². The molecule has 0 aromatic heterocycles. The molecular weight excluding hydrogens is 245 g/mol. The van der Waals surface area contributed by atoms with Crippen molar-refractivity contribution in [3.63, 3.8) is 0 Å². The van der Waals surface area contributed by atoms with Crippen molar-refractivity contribution in [3.8, 4) is 0 Å². The van der Waals surface area contributed by atoms with Crippen LogP contribution in [0.15, 0.2) is 18.2 Å². The van der Waals surface area contributed by atoms with Crippen LogP contribution in [0.3, 0.4) is 0 Å². The molecule has 0 radical (unpaired) electrons. The number of anilines is 1. The SMILES string of the molecule is CN(CC1CCCCC1)c1ccc(C(=O)O)cc1F. The van der Waals surface area contributed by atoms with Crippen LogP contribution in [0.1, 0.15) is 42.5 Å². The van der Waals surface area contributed by atoms with Gasteiger partial charge in [-0.3, -0.25) is 0 Å². The molecule has 0 saturated heterocycles. The summed E-state index contributed by atoms with van der Waals surface area (Å²) in [6, 6.07) is 4.11. The molecule has 1 aliphatic rings. The third-order valence-electron chi connectivity index (χ3n) is 3.86. The van der Waals surface area contributed by atoms with Gasteiger partial charge < -0.3 is 10.0 Å². The normalized spacial score (nSPS) is 16.3. The smallest absolute Gasteiger partial charge is 0.335 e. The lowest BCUT2D eigenvalue weighted by Crippen LogP contribution is -2.27. The van der Waals surface area contributed by atoms with Crippen molar-refractivity contribution < 1.29 is 14.3 Å². The minimum Gasteiger partial charge on any atom is -0.478 e. The molecule has 0 spiro atoms. The Bertz CT molecular complexity index is 455. The number of hydrogen-bond acceptors (Lipinski definition) is 2. The minimum atomic E-state index is -1.10. The number of benzene rings is 1. The number of aromatic carboxylic acids is 1. The van der Waals surface area contributed by atoms with Crippen molar-refractivity contribution in [2.75, 3.05) is 18.5 Å². The van der Waals surface area contributed by atoms with E-state index in [1.807, 2.05) is 11.9 Å². The van der Waals surface area contributed by atoms with Crippen molar-refractivity contribution in [1.82, 2.24) is 0 Å². The van der Waals surface area contributed by atoms with E-state index < -0.39 is 11.8 Å². The Morgan fingerprint density at radius 2 is 2.05 bits per heavy atom. The van der Waals surface area contributed by atoms with Gasteiger partial charge in [-0.1, -0.05) is 19.3 Å². The van der Waals surface area contributed by atoms with Gasteiger partial charge in [0, 0.05) is 13.6 Å². The molecular formula is C15H20FNO2. The molecule has 2 rings (SSSR count). The maximum atomic E-state index is 13.9. The van der Waals surface area contributed by atoms with E-state index in [9.17, 15) is 9.18 Å². The molecule has 3 nitrogen and oxygen atoms in total. The Morgan fingerprint density at radius 1 is 1.37 bits per heavy atom. The number of halogens is 1. The summed E-state index contributed by atoms with van der Waals surface area (Å²) in [4.78, 5) is 12.7. The largest absolute Gasteiger partial charge is 0.478 e. The standard InChI is InChI=1S/C15H20FNO2/c1-17(10-11-5-3-2-4-6-11)14-8-7-12(15(18)19)9-13(14)16/h7-9,11H,2-6,10H2,1H3,(H,18,19). The van der Waals surface area contributed by atoms with Crippen molar-refractivity contribution in [1.29, 1.82) is 0 Å². The molecule has 104 valence electrons. The van der Waals surface area contributed by atoms with Crippen molar-refractivity contribution in [2.45, 2.75) is 32.1 Å². The summed E-state index contributed by atoms with van der Waals surface area (Å²) in [5.74, 6) is -0.934. The highest BCUT2D eigenvalue weighted by atomic mass is 19.1. The summed E-state index contributed by atoms with van der Waals surface area (Å²) in [6.45, 7) is 0.837. The fraction of sp³-hybridized carbons (Fsp3) is 0.533. The van der Waals surface area contributed by atoms with E-state index >= 15 is 0 Å². The third kappa shape index (κ3) is 3.46. The Kier molecular flexibility index (Phi) is 4.40. The lowest BCUT2D eigenvalue weighted by Gasteiger charge is -2.28. The summed E-state index contributed by atoms with van der Waals surface area (Å²) in [7, 11) is 1.87. The molecule has 19 heavy (non-hydrogen) atoms. The zero-order valence-corrected chi connectivity index (χ0v) is 11.2. The lowest BCUT2D eigenvalue weighted by atomic mass is 9.89. The Balaban J connectivity index is 2.05. The molecule has 1 saturated carbocycles. The van der Waals surface area contributed by atoms with Gasteiger partial charge in [0.25, 0.3) is 0 Å². The summed E-state index contributed by atoms with van der Waals surface area (Å²) in [5.41, 5.74) is 0.475. The average Bonchev–Trinajstić information content (AvgIpc) is 2.39. The van der Waals surface area contributed by atoms with Gasteiger partial charge in [0.15, 0.2) is 0 Å². The van der Waals surface area contributed by atoms with E-state index in [0.29, 0.717) is 11.6 Å². The zero-order chi connectivity index (χ0) is 13.8. The predicted molar refractivity (Wildman–Crippen MR) is 73.2 cm³/mol. The fourth-order valence-corrected chi connectivity index (χ4v) is 2.80. The first-order chi connectivity index (χ1) is 9.08. The van der Waals surface area contributed by atoms with Gasteiger partial charge in [0.1, 0.15) is 5.82 Å². The number of hydrogen-bond donors (Lipinski definition) is 1. The second-order valence-electron chi connectivity index (χ2n) is 5.36. The van der Waals surface area contributed by atoms with Gasteiger partial charge in [-0.15, -0.1) is 0 Å². The first-order valence-electron chi connectivity index (χ1n) is 6.82. The van der Waals surface area contributed by atoms with Crippen LogP contribution in [0.5, 0.6) is 0 Å². The van der Waals surface area contributed by atoms with Crippen LogP contribution in [0.25, 0.3) is 0 Å². The van der Waals surface area contributed by atoms with Gasteiger partial charge in [-0.2, -0.15) is 0 Å². The van der Waals surface area contributed by atoms with E-state index in [-0.39, 0.29) is 5.56 Å². The summed E-state index contributed by atoms with van der Waals surface area (Å²) >= 11 is 0. The average molecular weight is 265 g/mol. The molecule has 0 unspecified atom stereocenters.